The zero-order valence-corrected chi connectivity index (χ0v) is 5.77. The summed E-state index contributed by atoms with van der Waals surface area (Å²) in [6.07, 6.45) is 4.96. The Hall–Kier alpha value is -0.0800. The van der Waals surface area contributed by atoms with Crippen LogP contribution in [0, 0.1) is 0 Å². The van der Waals surface area contributed by atoms with Crippen LogP contribution in [0.3, 0.4) is 0 Å². The number of rotatable bonds is 1. The van der Waals surface area contributed by atoms with Gasteiger partial charge in [0.25, 0.3) is 0 Å². The summed E-state index contributed by atoms with van der Waals surface area (Å²) in [5, 5.41) is 3.41. The molecule has 2 fully saturated rings. The van der Waals surface area contributed by atoms with E-state index in [0.717, 1.165) is 6.17 Å². The monoisotopic (exact) mass is 126 g/mol. The number of nitrogens with zero attached hydrogens (tertiary/aromatic N) is 1. The Labute approximate surface area is 56.2 Å². The second kappa shape index (κ2) is 2.27. The van der Waals surface area contributed by atoms with Gasteiger partial charge in [-0.15, -0.1) is 0 Å². The van der Waals surface area contributed by atoms with Crippen molar-refractivity contribution in [1.82, 2.24) is 10.2 Å². The summed E-state index contributed by atoms with van der Waals surface area (Å²) in [7, 11) is 0. The molecule has 0 amide bonds. The third kappa shape index (κ3) is 0.970. The number of nitrogens with one attached hydrogen (secondary N) is 1. The molecule has 1 unspecified atom stereocenters. The van der Waals surface area contributed by atoms with Gasteiger partial charge in [-0.3, -0.25) is 4.90 Å². The van der Waals surface area contributed by atoms with E-state index in [-0.39, 0.29) is 0 Å². The average molecular weight is 126 g/mol. The predicted molar refractivity (Wildman–Crippen MR) is 37.2 cm³/mol. The molecule has 2 heteroatoms. The normalized spacial score (nSPS) is 36.7. The van der Waals surface area contributed by atoms with Crippen LogP contribution in [0.4, 0.5) is 0 Å². The first-order valence-corrected chi connectivity index (χ1v) is 3.94. The smallest absolute Gasteiger partial charge is 0.0609 e. The van der Waals surface area contributed by atoms with Crippen molar-refractivity contribution in [1.29, 1.82) is 0 Å². The van der Waals surface area contributed by atoms with Crippen molar-refractivity contribution >= 4 is 0 Å². The third-order valence-corrected chi connectivity index (χ3v) is 2.38. The van der Waals surface area contributed by atoms with Crippen LogP contribution >= 0.6 is 0 Å². The number of hydrogen-bond donors (Lipinski definition) is 1. The van der Waals surface area contributed by atoms with Crippen LogP contribution < -0.4 is 5.32 Å². The Balaban J connectivity index is 1.82. The number of likely N-dealkylation sites (tertiary alicyclic amines) is 1. The molecule has 52 valence electrons. The van der Waals surface area contributed by atoms with Crippen LogP contribution in [0.1, 0.15) is 19.3 Å². The molecule has 2 aliphatic rings. The molecule has 9 heavy (non-hydrogen) atoms. The van der Waals surface area contributed by atoms with Gasteiger partial charge in [-0.2, -0.15) is 0 Å². The molecule has 0 aliphatic carbocycles. The predicted octanol–water partition coefficient (Wildman–Crippen LogP) is 0.402. The van der Waals surface area contributed by atoms with E-state index in [0.29, 0.717) is 0 Å². The standard InChI is InChI=1S/C7H14N2/c1-2-6-9(5-1)7-3-4-8-7/h7-8H,1-6H2. The van der Waals surface area contributed by atoms with Gasteiger partial charge in [-0.1, -0.05) is 0 Å². The summed E-state index contributed by atoms with van der Waals surface area (Å²) in [6.45, 7) is 3.90. The molecule has 2 nitrogen and oxygen atoms in total. The van der Waals surface area contributed by atoms with Gasteiger partial charge in [0.05, 0.1) is 6.17 Å². The SMILES string of the molecule is C1CCN(C2CCN2)C1. The third-order valence-electron chi connectivity index (χ3n) is 2.38. The first kappa shape index (κ1) is 5.69. The van der Waals surface area contributed by atoms with Crippen molar-refractivity contribution in [2.45, 2.75) is 25.4 Å². The fourth-order valence-corrected chi connectivity index (χ4v) is 1.64. The molecule has 0 aromatic heterocycles. The first-order valence-electron chi connectivity index (χ1n) is 3.94. The Morgan fingerprint density at radius 2 is 1.89 bits per heavy atom. The maximum Gasteiger partial charge on any atom is 0.0609 e. The van der Waals surface area contributed by atoms with Crippen molar-refractivity contribution in [2.75, 3.05) is 19.6 Å². The van der Waals surface area contributed by atoms with E-state index in [1.54, 1.807) is 0 Å². The van der Waals surface area contributed by atoms with Gasteiger partial charge in [-0.25, -0.2) is 0 Å². The number of hydrogen-bond acceptors (Lipinski definition) is 2. The Morgan fingerprint density at radius 1 is 1.22 bits per heavy atom. The Bertz CT molecular complexity index is 93.1. The summed E-state index contributed by atoms with van der Waals surface area (Å²) in [5.41, 5.74) is 0. The molecule has 0 aromatic rings. The van der Waals surface area contributed by atoms with Crippen LogP contribution in [0.5, 0.6) is 0 Å². The van der Waals surface area contributed by atoms with Crippen molar-refractivity contribution in [3.63, 3.8) is 0 Å². The second-order valence-corrected chi connectivity index (χ2v) is 3.00. The first-order chi connectivity index (χ1) is 4.47. The zero-order chi connectivity index (χ0) is 6.10. The Morgan fingerprint density at radius 3 is 2.33 bits per heavy atom. The fraction of sp³-hybridized carbons (Fsp3) is 1.00. The van der Waals surface area contributed by atoms with Gasteiger partial charge in [0.1, 0.15) is 0 Å². The minimum absolute atomic E-state index is 0.757. The van der Waals surface area contributed by atoms with E-state index in [9.17, 15) is 0 Å². The second-order valence-electron chi connectivity index (χ2n) is 3.00. The van der Waals surface area contributed by atoms with Crippen LogP contribution in [0.15, 0.2) is 0 Å². The van der Waals surface area contributed by atoms with Gasteiger partial charge in [-0.05, 0) is 38.9 Å². The summed E-state index contributed by atoms with van der Waals surface area (Å²) >= 11 is 0. The summed E-state index contributed by atoms with van der Waals surface area (Å²) in [6, 6.07) is 0. The Kier molecular flexibility index (Phi) is 1.44. The molecule has 0 radical (unpaired) electrons. The molecule has 2 aliphatic heterocycles. The topological polar surface area (TPSA) is 15.3 Å². The molecule has 1 N–H and O–H groups in total. The highest BCUT2D eigenvalue weighted by Gasteiger charge is 2.25. The van der Waals surface area contributed by atoms with Crippen molar-refractivity contribution in [3.05, 3.63) is 0 Å². The van der Waals surface area contributed by atoms with Crippen LogP contribution in [0.25, 0.3) is 0 Å². The van der Waals surface area contributed by atoms with Gasteiger partial charge in [0.15, 0.2) is 0 Å². The quantitative estimate of drug-likeness (QED) is 0.547. The lowest BCUT2D eigenvalue weighted by Gasteiger charge is -2.35. The molecule has 0 bridgehead atoms. The van der Waals surface area contributed by atoms with Gasteiger partial charge < -0.3 is 5.32 Å². The maximum absolute atomic E-state index is 3.41. The van der Waals surface area contributed by atoms with E-state index >= 15 is 0 Å². The largest absolute Gasteiger partial charge is 0.302 e. The lowest BCUT2D eigenvalue weighted by atomic mass is 10.2. The van der Waals surface area contributed by atoms with E-state index < -0.39 is 0 Å². The molecule has 0 saturated carbocycles. The molecular formula is C7H14N2. The van der Waals surface area contributed by atoms with E-state index in [2.05, 4.69) is 10.2 Å². The van der Waals surface area contributed by atoms with Gasteiger partial charge >= 0.3 is 0 Å². The zero-order valence-electron chi connectivity index (χ0n) is 5.77. The molecule has 1 atom stereocenters. The van der Waals surface area contributed by atoms with E-state index in [4.69, 9.17) is 0 Å². The van der Waals surface area contributed by atoms with Crippen molar-refractivity contribution < 1.29 is 0 Å². The van der Waals surface area contributed by atoms with Crippen LogP contribution in [-0.4, -0.2) is 30.7 Å². The summed E-state index contributed by atoms with van der Waals surface area (Å²) < 4.78 is 0. The molecular weight excluding hydrogens is 112 g/mol. The van der Waals surface area contributed by atoms with Gasteiger partial charge in [0.2, 0.25) is 0 Å². The van der Waals surface area contributed by atoms with E-state index in [1.807, 2.05) is 0 Å². The molecule has 2 rings (SSSR count). The van der Waals surface area contributed by atoms with Crippen molar-refractivity contribution in [2.24, 2.45) is 0 Å². The lowest BCUT2D eigenvalue weighted by Crippen LogP contribution is -2.53. The summed E-state index contributed by atoms with van der Waals surface area (Å²) in [4.78, 5) is 2.56. The molecule has 0 aromatic carbocycles. The van der Waals surface area contributed by atoms with Crippen molar-refractivity contribution in [3.8, 4) is 0 Å². The average Bonchev–Trinajstić information content (AvgIpc) is 2.11. The fourth-order valence-electron chi connectivity index (χ4n) is 1.64. The summed E-state index contributed by atoms with van der Waals surface area (Å²) in [5.74, 6) is 0. The minimum Gasteiger partial charge on any atom is -0.302 e. The van der Waals surface area contributed by atoms with Gasteiger partial charge in [0, 0.05) is 0 Å². The molecule has 2 saturated heterocycles. The molecule has 0 spiro atoms. The highest BCUT2D eigenvalue weighted by atomic mass is 15.3. The van der Waals surface area contributed by atoms with Crippen LogP contribution in [0.2, 0.25) is 0 Å². The maximum atomic E-state index is 3.41. The molecule has 2 heterocycles. The highest BCUT2D eigenvalue weighted by molar-refractivity contribution is 4.81. The lowest BCUT2D eigenvalue weighted by molar-refractivity contribution is 0.138. The van der Waals surface area contributed by atoms with Crippen LogP contribution in [-0.2, 0) is 0 Å². The highest BCUT2D eigenvalue weighted by Crippen LogP contribution is 2.15. The minimum atomic E-state index is 0.757. The van der Waals surface area contributed by atoms with E-state index in [1.165, 1.54) is 38.9 Å².